The minimum Gasteiger partial charge on any atom is -0.434 e. The van der Waals surface area contributed by atoms with Crippen LogP contribution in [-0.2, 0) is 0 Å². The van der Waals surface area contributed by atoms with Gasteiger partial charge in [0, 0.05) is 17.2 Å². The van der Waals surface area contributed by atoms with E-state index in [1.165, 1.54) is 24.3 Å². The van der Waals surface area contributed by atoms with E-state index in [-0.39, 0.29) is 16.9 Å². The number of hydrogen-bond donors (Lipinski definition) is 1. The summed E-state index contributed by atoms with van der Waals surface area (Å²) in [5.41, 5.74) is -0.255. The molecule has 0 heterocycles. The van der Waals surface area contributed by atoms with E-state index in [4.69, 9.17) is 0 Å². The molecule has 0 fully saturated rings. The number of para-hydroxylation sites is 1. The molecule has 106 valence electrons. The maximum atomic E-state index is 13.6. The summed E-state index contributed by atoms with van der Waals surface area (Å²) < 4.78 is 55.2. The molecular formula is C14H10F4O2. The zero-order chi connectivity index (χ0) is 14.7. The number of alkyl halides is 2. The van der Waals surface area contributed by atoms with Gasteiger partial charge in [-0.1, -0.05) is 24.3 Å². The SMILES string of the molecule is OC(c1ccc(F)cc1F)c1ccccc1OC(F)F. The summed E-state index contributed by atoms with van der Waals surface area (Å²) in [5, 5.41) is 10.1. The van der Waals surface area contributed by atoms with Gasteiger partial charge in [0.15, 0.2) is 0 Å². The summed E-state index contributed by atoms with van der Waals surface area (Å²) in [4.78, 5) is 0. The average molecular weight is 286 g/mol. The van der Waals surface area contributed by atoms with Gasteiger partial charge in [0.25, 0.3) is 0 Å². The van der Waals surface area contributed by atoms with E-state index in [9.17, 15) is 22.7 Å². The van der Waals surface area contributed by atoms with Crippen LogP contribution in [0.2, 0.25) is 0 Å². The second-order valence-corrected chi connectivity index (χ2v) is 3.98. The maximum Gasteiger partial charge on any atom is 0.387 e. The third-order valence-corrected chi connectivity index (χ3v) is 2.69. The van der Waals surface area contributed by atoms with Gasteiger partial charge in [-0.05, 0) is 12.1 Å². The van der Waals surface area contributed by atoms with Gasteiger partial charge in [-0.2, -0.15) is 8.78 Å². The van der Waals surface area contributed by atoms with Gasteiger partial charge in [-0.15, -0.1) is 0 Å². The first-order valence-corrected chi connectivity index (χ1v) is 5.66. The van der Waals surface area contributed by atoms with Crippen LogP contribution in [0.5, 0.6) is 5.75 Å². The summed E-state index contributed by atoms with van der Waals surface area (Å²) >= 11 is 0. The molecule has 1 atom stereocenters. The van der Waals surface area contributed by atoms with E-state index in [2.05, 4.69) is 4.74 Å². The van der Waals surface area contributed by atoms with Crippen LogP contribution in [0, 0.1) is 11.6 Å². The second-order valence-electron chi connectivity index (χ2n) is 3.98. The van der Waals surface area contributed by atoms with Gasteiger partial charge >= 0.3 is 6.61 Å². The van der Waals surface area contributed by atoms with Crippen LogP contribution in [-0.4, -0.2) is 11.7 Å². The number of aliphatic hydroxyl groups excluding tert-OH is 1. The highest BCUT2D eigenvalue weighted by Gasteiger charge is 2.20. The fourth-order valence-electron chi connectivity index (χ4n) is 1.80. The molecule has 0 saturated carbocycles. The third kappa shape index (κ3) is 3.08. The first-order valence-electron chi connectivity index (χ1n) is 5.66. The van der Waals surface area contributed by atoms with Crippen molar-refractivity contribution >= 4 is 0 Å². The molecule has 2 rings (SSSR count). The highest BCUT2D eigenvalue weighted by molar-refractivity contribution is 5.40. The Balaban J connectivity index is 2.40. The fourth-order valence-corrected chi connectivity index (χ4v) is 1.80. The van der Waals surface area contributed by atoms with E-state index < -0.39 is 24.3 Å². The van der Waals surface area contributed by atoms with Crippen LogP contribution in [0.4, 0.5) is 17.6 Å². The van der Waals surface area contributed by atoms with Crippen molar-refractivity contribution in [2.24, 2.45) is 0 Å². The first kappa shape index (κ1) is 14.3. The summed E-state index contributed by atoms with van der Waals surface area (Å²) in [7, 11) is 0. The molecular weight excluding hydrogens is 276 g/mol. The molecule has 0 saturated heterocycles. The van der Waals surface area contributed by atoms with Crippen LogP contribution < -0.4 is 4.74 Å². The van der Waals surface area contributed by atoms with Crippen molar-refractivity contribution < 1.29 is 27.4 Å². The van der Waals surface area contributed by atoms with Crippen LogP contribution in [0.1, 0.15) is 17.2 Å². The van der Waals surface area contributed by atoms with Crippen molar-refractivity contribution in [3.05, 3.63) is 65.2 Å². The van der Waals surface area contributed by atoms with E-state index in [1.807, 2.05) is 0 Å². The largest absolute Gasteiger partial charge is 0.434 e. The summed E-state index contributed by atoms with van der Waals surface area (Å²) in [5.74, 6) is -2.03. The molecule has 1 N–H and O–H groups in total. The number of aliphatic hydroxyl groups is 1. The quantitative estimate of drug-likeness (QED) is 0.869. The minimum absolute atomic E-state index is 0.0293. The molecule has 0 aliphatic heterocycles. The van der Waals surface area contributed by atoms with Crippen LogP contribution in [0.25, 0.3) is 0 Å². The highest BCUT2D eigenvalue weighted by Crippen LogP contribution is 2.32. The number of benzene rings is 2. The molecule has 0 spiro atoms. The summed E-state index contributed by atoms with van der Waals surface area (Å²) in [6, 6.07) is 8.10. The maximum absolute atomic E-state index is 13.6. The molecule has 0 aliphatic carbocycles. The second kappa shape index (κ2) is 5.92. The molecule has 6 heteroatoms. The summed E-state index contributed by atoms with van der Waals surface area (Å²) in [6.07, 6.45) is -1.54. The van der Waals surface area contributed by atoms with E-state index in [1.54, 1.807) is 0 Å². The van der Waals surface area contributed by atoms with Gasteiger partial charge in [0.05, 0.1) is 0 Å². The molecule has 20 heavy (non-hydrogen) atoms. The molecule has 0 aliphatic rings. The van der Waals surface area contributed by atoms with Crippen molar-refractivity contribution in [3.63, 3.8) is 0 Å². The van der Waals surface area contributed by atoms with Crippen molar-refractivity contribution in [2.45, 2.75) is 12.7 Å². The van der Waals surface area contributed by atoms with Gasteiger partial charge in [-0.3, -0.25) is 0 Å². The van der Waals surface area contributed by atoms with Crippen molar-refractivity contribution in [1.82, 2.24) is 0 Å². The number of ether oxygens (including phenoxy) is 1. The molecule has 0 amide bonds. The standard InChI is InChI=1S/C14H10F4O2/c15-8-5-6-9(11(16)7-8)13(19)10-3-1-2-4-12(10)20-14(17)18/h1-7,13-14,19H. The highest BCUT2D eigenvalue weighted by atomic mass is 19.3. The van der Waals surface area contributed by atoms with Crippen LogP contribution >= 0.6 is 0 Å². The normalized spacial score (nSPS) is 12.5. The smallest absolute Gasteiger partial charge is 0.387 e. The van der Waals surface area contributed by atoms with Crippen molar-refractivity contribution in [3.8, 4) is 5.75 Å². The molecule has 0 aromatic heterocycles. The monoisotopic (exact) mass is 286 g/mol. The lowest BCUT2D eigenvalue weighted by atomic mass is 10.00. The van der Waals surface area contributed by atoms with E-state index in [0.29, 0.717) is 6.07 Å². The van der Waals surface area contributed by atoms with E-state index >= 15 is 0 Å². The van der Waals surface area contributed by atoms with Gasteiger partial charge < -0.3 is 9.84 Å². The Morgan fingerprint density at radius 2 is 1.65 bits per heavy atom. The average Bonchev–Trinajstić information content (AvgIpc) is 2.38. The van der Waals surface area contributed by atoms with Gasteiger partial charge in [0.2, 0.25) is 0 Å². The first-order chi connectivity index (χ1) is 9.49. The Morgan fingerprint density at radius 1 is 0.950 bits per heavy atom. The minimum atomic E-state index is -3.07. The Hall–Kier alpha value is -2.08. The predicted molar refractivity (Wildman–Crippen MR) is 63.5 cm³/mol. The molecule has 1 unspecified atom stereocenters. The number of halogens is 4. The summed E-state index contributed by atoms with van der Waals surface area (Å²) in [6.45, 7) is -3.07. The zero-order valence-corrected chi connectivity index (χ0v) is 10.1. The molecule has 2 aromatic carbocycles. The van der Waals surface area contributed by atoms with Crippen LogP contribution in [0.15, 0.2) is 42.5 Å². The number of hydrogen-bond acceptors (Lipinski definition) is 2. The lowest BCUT2D eigenvalue weighted by molar-refractivity contribution is -0.0512. The lowest BCUT2D eigenvalue weighted by Crippen LogP contribution is -2.09. The van der Waals surface area contributed by atoms with E-state index in [0.717, 1.165) is 12.1 Å². The molecule has 2 nitrogen and oxygen atoms in total. The molecule has 2 aromatic rings. The van der Waals surface area contributed by atoms with Crippen LogP contribution in [0.3, 0.4) is 0 Å². The van der Waals surface area contributed by atoms with Crippen molar-refractivity contribution in [1.29, 1.82) is 0 Å². The van der Waals surface area contributed by atoms with Gasteiger partial charge in [0.1, 0.15) is 23.5 Å². The van der Waals surface area contributed by atoms with Gasteiger partial charge in [-0.25, -0.2) is 8.78 Å². The predicted octanol–water partition coefficient (Wildman–Crippen LogP) is 3.65. The zero-order valence-electron chi connectivity index (χ0n) is 10.1. The Kier molecular flexibility index (Phi) is 4.24. The Bertz CT molecular complexity index is 601. The topological polar surface area (TPSA) is 29.5 Å². The van der Waals surface area contributed by atoms with Crippen molar-refractivity contribution in [2.75, 3.05) is 0 Å². The Labute approximate surface area is 112 Å². The fraction of sp³-hybridized carbons (Fsp3) is 0.143. The third-order valence-electron chi connectivity index (χ3n) is 2.69. The molecule has 0 radical (unpaired) electrons. The lowest BCUT2D eigenvalue weighted by Gasteiger charge is -2.16. The number of rotatable bonds is 4. The molecule has 0 bridgehead atoms. The Morgan fingerprint density at radius 3 is 2.30 bits per heavy atom.